The van der Waals surface area contributed by atoms with Gasteiger partial charge in [-0.15, -0.1) is 0 Å². The minimum atomic E-state index is -1.07. The van der Waals surface area contributed by atoms with Gasteiger partial charge in [0.2, 0.25) is 5.91 Å². The smallest absolute Gasteiger partial charge is 0.326 e. The highest BCUT2D eigenvalue weighted by atomic mass is 16.5. The van der Waals surface area contributed by atoms with Crippen LogP contribution in [0.25, 0.3) is 5.69 Å². The van der Waals surface area contributed by atoms with Crippen LogP contribution >= 0.6 is 0 Å². The van der Waals surface area contributed by atoms with Crippen molar-refractivity contribution in [2.75, 3.05) is 6.61 Å². The Morgan fingerprint density at radius 1 is 1.27 bits per heavy atom. The molecule has 26 heavy (non-hydrogen) atoms. The second-order valence-electron chi connectivity index (χ2n) is 7.01. The molecule has 0 aliphatic rings. The molecular weight excluding hydrogens is 334 g/mol. The topological polar surface area (TPSA) is 93.5 Å². The lowest BCUT2D eigenvalue weighted by Gasteiger charge is -2.21. The maximum Gasteiger partial charge on any atom is 0.326 e. The van der Waals surface area contributed by atoms with E-state index in [-0.39, 0.29) is 31.0 Å². The third-order valence-electron chi connectivity index (χ3n) is 3.60. The van der Waals surface area contributed by atoms with Gasteiger partial charge in [0.25, 0.3) is 0 Å². The summed E-state index contributed by atoms with van der Waals surface area (Å²) in [6.45, 7) is 5.94. The number of benzene rings is 1. The average Bonchev–Trinajstić information content (AvgIpc) is 3.02. The van der Waals surface area contributed by atoms with Gasteiger partial charge in [-0.3, -0.25) is 4.79 Å². The Morgan fingerprint density at radius 3 is 2.58 bits per heavy atom. The van der Waals surface area contributed by atoms with Gasteiger partial charge in [0, 0.05) is 19.2 Å². The van der Waals surface area contributed by atoms with Crippen molar-refractivity contribution in [3.05, 3.63) is 48.3 Å². The molecule has 0 saturated carbocycles. The number of aliphatic carboxylic acids is 1. The number of hydrogen-bond acceptors (Lipinski definition) is 4. The van der Waals surface area contributed by atoms with E-state index in [2.05, 4.69) is 10.4 Å². The molecule has 1 unspecified atom stereocenters. The molecule has 1 heterocycles. The molecule has 1 aromatic carbocycles. The van der Waals surface area contributed by atoms with Gasteiger partial charge in [0.1, 0.15) is 6.04 Å². The van der Waals surface area contributed by atoms with Gasteiger partial charge in [0.05, 0.1) is 23.9 Å². The summed E-state index contributed by atoms with van der Waals surface area (Å²) in [7, 11) is 0. The highest BCUT2D eigenvalue weighted by molar-refractivity contribution is 5.84. The van der Waals surface area contributed by atoms with Gasteiger partial charge in [-0.05, 0) is 38.5 Å². The number of ether oxygens (including phenoxy) is 1. The minimum Gasteiger partial charge on any atom is -0.480 e. The van der Waals surface area contributed by atoms with Gasteiger partial charge in [-0.25, -0.2) is 9.48 Å². The molecule has 1 amide bonds. The van der Waals surface area contributed by atoms with Crippen molar-refractivity contribution < 1.29 is 19.4 Å². The van der Waals surface area contributed by atoms with Gasteiger partial charge in [-0.1, -0.05) is 18.2 Å². The summed E-state index contributed by atoms with van der Waals surface area (Å²) in [6.07, 6.45) is 3.64. The molecule has 0 aliphatic heterocycles. The lowest BCUT2D eigenvalue weighted by atomic mass is 10.1. The number of amides is 1. The van der Waals surface area contributed by atoms with Crippen LogP contribution in [0.3, 0.4) is 0 Å². The number of carbonyl (C=O) groups excluding carboxylic acids is 1. The van der Waals surface area contributed by atoms with Crippen LogP contribution in [0.5, 0.6) is 0 Å². The number of carboxylic acid groups (broad SMARTS) is 1. The van der Waals surface area contributed by atoms with Crippen LogP contribution in [0.1, 0.15) is 32.8 Å². The third kappa shape index (κ3) is 6.33. The van der Waals surface area contributed by atoms with Gasteiger partial charge in [0.15, 0.2) is 0 Å². The molecule has 0 fully saturated rings. The molecule has 7 nitrogen and oxygen atoms in total. The van der Waals surface area contributed by atoms with E-state index >= 15 is 0 Å². The molecule has 0 bridgehead atoms. The largest absolute Gasteiger partial charge is 0.480 e. The summed E-state index contributed by atoms with van der Waals surface area (Å²) in [4.78, 5) is 23.5. The predicted molar refractivity (Wildman–Crippen MR) is 97.2 cm³/mol. The second-order valence-corrected chi connectivity index (χ2v) is 7.01. The standard InChI is InChI=1S/C19H25N3O4/c1-19(2,3)26-10-9-16(18(24)25)21-17(23)11-14-12-20-22(13-14)15-7-5-4-6-8-15/h4-8,12-13,16H,9-11H2,1-3H3,(H,21,23)(H,24,25). The van der Waals surface area contributed by atoms with E-state index in [4.69, 9.17) is 4.74 Å². The Balaban J connectivity index is 1.90. The number of carboxylic acids is 1. The van der Waals surface area contributed by atoms with Crippen molar-refractivity contribution in [3.8, 4) is 5.69 Å². The van der Waals surface area contributed by atoms with Crippen LogP contribution in [0.15, 0.2) is 42.7 Å². The van der Waals surface area contributed by atoms with E-state index in [0.29, 0.717) is 5.56 Å². The number of nitrogens with zero attached hydrogens (tertiary/aromatic N) is 2. The first-order valence-electron chi connectivity index (χ1n) is 8.50. The normalized spacial score (nSPS) is 12.6. The molecule has 1 aromatic heterocycles. The lowest BCUT2D eigenvalue weighted by molar-refractivity contribution is -0.142. The zero-order chi connectivity index (χ0) is 19.2. The molecule has 7 heteroatoms. The number of carbonyl (C=O) groups is 2. The first kappa shape index (κ1) is 19.7. The maximum absolute atomic E-state index is 12.2. The second kappa shape index (κ2) is 8.62. The first-order valence-corrected chi connectivity index (χ1v) is 8.50. The van der Waals surface area contributed by atoms with Gasteiger partial charge in [-0.2, -0.15) is 5.10 Å². The van der Waals surface area contributed by atoms with Crippen LogP contribution in [0.2, 0.25) is 0 Å². The molecule has 0 radical (unpaired) electrons. The number of hydrogen-bond donors (Lipinski definition) is 2. The van der Waals surface area contributed by atoms with Crippen molar-refractivity contribution in [2.24, 2.45) is 0 Å². The summed E-state index contributed by atoms with van der Waals surface area (Å²) >= 11 is 0. The molecule has 0 aliphatic carbocycles. The minimum absolute atomic E-state index is 0.0662. The quantitative estimate of drug-likeness (QED) is 0.754. The molecule has 0 saturated heterocycles. The number of aromatic nitrogens is 2. The molecular formula is C19H25N3O4. The van der Waals surface area contributed by atoms with Crippen LogP contribution in [0.4, 0.5) is 0 Å². The summed E-state index contributed by atoms with van der Waals surface area (Å²) in [5, 5.41) is 16.1. The number of para-hydroxylation sites is 1. The Labute approximate surface area is 153 Å². The Bertz CT molecular complexity index is 735. The predicted octanol–water partition coefficient (Wildman–Crippen LogP) is 2.19. The SMILES string of the molecule is CC(C)(C)OCCC(NC(=O)Cc1cnn(-c2ccccc2)c1)C(=O)O. The van der Waals surface area contributed by atoms with Gasteiger partial charge >= 0.3 is 5.97 Å². The summed E-state index contributed by atoms with van der Waals surface area (Å²) < 4.78 is 7.21. The lowest BCUT2D eigenvalue weighted by Crippen LogP contribution is -2.42. The van der Waals surface area contributed by atoms with Crippen molar-refractivity contribution in [1.29, 1.82) is 0 Å². The van der Waals surface area contributed by atoms with Crippen molar-refractivity contribution in [2.45, 2.75) is 45.3 Å². The molecule has 2 N–H and O–H groups in total. The summed E-state index contributed by atoms with van der Waals surface area (Å²) in [5.41, 5.74) is 1.25. The van der Waals surface area contributed by atoms with E-state index in [1.54, 1.807) is 17.1 Å². The fourth-order valence-electron chi connectivity index (χ4n) is 2.34. The molecule has 0 spiro atoms. The zero-order valence-electron chi connectivity index (χ0n) is 15.3. The first-order chi connectivity index (χ1) is 12.2. The van der Waals surface area contributed by atoms with E-state index in [0.717, 1.165) is 5.69 Å². The summed E-state index contributed by atoms with van der Waals surface area (Å²) in [5.74, 6) is -1.43. The number of nitrogens with one attached hydrogen (secondary N) is 1. The highest BCUT2D eigenvalue weighted by Gasteiger charge is 2.21. The fourth-order valence-corrected chi connectivity index (χ4v) is 2.34. The monoisotopic (exact) mass is 359 g/mol. The van der Waals surface area contributed by atoms with Crippen LogP contribution in [0, 0.1) is 0 Å². The highest BCUT2D eigenvalue weighted by Crippen LogP contribution is 2.10. The zero-order valence-corrected chi connectivity index (χ0v) is 15.3. The van der Waals surface area contributed by atoms with E-state index in [1.807, 2.05) is 51.1 Å². The third-order valence-corrected chi connectivity index (χ3v) is 3.60. The summed E-state index contributed by atoms with van der Waals surface area (Å²) in [6, 6.07) is 8.56. The van der Waals surface area contributed by atoms with Crippen molar-refractivity contribution in [3.63, 3.8) is 0 Å². The van der Waals surface area contributed by atoms with Crippen molar-refractivity contribution in [1.82, 2.24) is 15.1 Å². The Kier molecular flexibility index (Phi) is 6.52. The number of rotatable bonds is 8. The van der Waals surface area contributed by atoms with Crippen LogP contribution in [-0.4, -0.2) is 45.0 Å². The van der Waals surface area contributed by atoms with E-state index < -0.39 is 12.0 Å². The van der Waals surface area contributed by atoms with Crippen molar-refractivity contribution >= 4 is 11.9 Å². The Hall–Kier alpha value is -2.67. The fraction of sp³-hybridized carbons (Fsp3) is 0.421. The van der Waals surface area contributed by atoms with E-state index in [9.17, 15) is 14.7 Å². The Morgan fingerprint density at radius 2 is 1.96 bits per heavy atom. The molecule has 1 atom stereocenters. The maximum atomic E-state index is 12.2. The molecule has 2 rings (SSSR count). The average molecular weight is 359 g/mol. The van der Waals surface area contributed by atoms with Crippen LogP contribution in [-0.2, 0) is 20.7 Å². The van der Waals surface area contributed by atoms with E-state index in [1.165, 1.54) is 0 Å². The molecule has 140 valence electrons. The van der Waals surface area contributed by atoms with Gasteiger partial charge < -0.3 is 15.2 Å². The van der Waals surface area contributed by atoms with Crippen LogP contribution < -0.4 is 5.32 Å². The molecule has 2 aromatic rings.